The van der Waals surface area contributed by atoms with Gasteiger partial charge in [0.25, 0.3) is 0 Å². The Morgan fingerprint density at radius 2 is 1.28 bits per heavy atom. The quantitative estimate of drug-likeness (QED) is 0.176. The average molecular weight is 644 g/mol. The van der Waals surface area contributed by atoms with Gasteiger partial charge in [-0.15, -0.1) is 0 Å². The number of hydrogen-bond acceptors (Lipinski definition) is 6. The van der Waals surface area contributed by atoms with Crippen LogP contribution in [-0.4, -0.2) is 52.4 Å². The van der Waals surface area contributed by atoms with Crippen LogP contribution in [0.15, 0.2) is 108 Å². The molecule has 1 atom stereocenters. The molecule has 4 aromatic rings. The summed E-state index contributed by atoms with van der Waals surface area (Å²) in [6, 6.07) is 30.0. The molecule has 0 aliphatic heterocycles. The van der Waals surface area contributed by atoms with E-state index >= 15 is 0 Å². The Hall–Kier alpha value is -4.67. The second-order valence-corrected chi connectivity index (χ2v) is 12.5. The van der Waals surface area contributed by atoms with Gasteiger partial charge in [0.15, 0.2) is 0 Å². The molecule has 0 aliphatic carbocycles. The highest BCUT2D eigenvalue weighted by Crippen LogP contribution is 2.26. The van der Waals surface area contributed by atoms with Gasteiger partial charge in [-0.3, -0.25) is 9.59 Å². The van der Waals surface area contributed by atoms with E-state index < -0.39 is 16.1 Å². The van der Waals surface area contributed by atoms with Crippen LogP contribution in [0.4, 0.5) is 0 Å². The highest BCUT2D eigenvalue weighted by molar-refractivity contribution is 7.89. The van der Waals surface area contributed by atoms with Crippen LogP contribution in [0.25, 0.3) is 0 Å². The highest BCUT2D eigenvalue weighted by Gasteiger charge is 2.31. The summed E-state index contributed by atoms with van der Waals surface area (Å²) in [6.45, 7) is 2.61. The lowest BCUT2D eigenvalue weighted by Crippen LogP contribution is -2.44. The molecule has 4 aromatic carbocycles. The molecule has 0 heterocycles. The van der Waals surface area contributed by atoms with Gasteiger partial charge in [0.2, 0.25) is 21.8 Å². The molecular weight excluding hydrogens is 602 g/mol. The number of sulfonamides is 1. The van der Waals surface area contributed by atoms with Gasteiger partial charge in [-0.25, -0.2) is 13.1 Å². The highest BCUT2D eigenvalue weighted by atomic mass is 32.2. The average Bonchev–Trinajstić information content (AvgIpc) is 3.08. The number of carbonyl (C=O) groups is 2. The molecule has 0 spiro atoms. The first-order valence-electron chi connectivity index (χ1n) is 15.2. The Bertz CT molecular complexity index is 1660. The van der Waals surface area contributed by atoms with Crippen LogP contribution >= 0.6 is 0 Å². The van der Waals surface area contributed by atoms with Crippen molar-refractivity contribution >= 4 is 21.8 Å². The summed E-state index contributed by atoms with van der Waals surface area (Å²) in [5.41, 5.74) is 3.41. The van der Waals surface area contributed by atoms with Gasteiger partial charge in [-0.2, -0.15) is 0 Å². The van der Waals surface area contributed by atoms with E-state index in [9.17, 15) is 18.0 Å². The fourth-order valence-electron chi connectivity index (χ4n) is 5.08. The number of carbonyl (C=O) groups excluding carboxylic acids is 2. The molecule has 0 saturated heterocycles. The molecule has 10 heteroatoms. The van der Waals surface area contributed by atoms with Gasteiger partial charge in [0, 0.05) is 26.1 Å². The molecule has 2 N–H and O–H groups in total. The molecule has 0 fully saturated rings. The molecule has 9 nitrogen and oxygen atoms in total. The first kappa shape index (κ1) is 34.2. The fourth-order valence-corrected chi connectivity index (χ4v) is 6.12. The lowest BCUT2D eigenvalue weighted by Gasteiger charge is -2.32. The van der Waals surface area contributed by atoms with Gasteiger partial charge in [-0.05, 0) is 71.5 Å². The number of rotatable bonds is 16. The molecular formula is C36H41N3O6S. The van der Waals surface area contributed by atoms with Crippen molar-refractivity contribution in [1.29, 1.82) is 0 Å². The second kappa shape index (κ2) is 16.6. The van der Waals surface area contributed by atoms with Crippen molar-refractivity contribution < 1.29 is 27.5 Å². The van der Waals surface area contributed by atoms with Crippen molar-refractivity contribution in [3.63, 3.8) is 0 Å². The van der Waals surface area contributed by atoms with E-state index in [0.29, 0.717) is 37.2 Å². The monoisotopic (exact) mass is 643 g/mol. The maximum absolute atomic E-state index is 14.0. The number of nitrogens with zero attached hydrogens (tertiary/aromatic N) is 1. The Balaban J connectivity index is 1.56. The van der Waals surface area contributed by atoms with E-state index in [-0.39, 0.29) is 29.7 Å². The summed E-state index contributed by atoms with van der Waals surface area (Å²) in [6.07, 6.45) is 1.11. The van der Waals surface area contributed by atoms with Crippen molar-refractivity contribution in [2.45, 2.75) is 43.7 Å². The number of methoxy groups -OCH3 is 2. The summed E-state index contributed by atoms with van der Waals surface area (Å²) in [7, 11) is -0.366. The fraction of sp³-hybridized carbons (Fsp3) is 0.278. The number of hydrogen-bond donors (Lipinski definition) is 2. The molecule has 0 bridgehead atoms. The largest absolute Gasteiger partial charge is 0.497 e. The van der Waals surface area contributed by atoms with Gasteiger partial charge in [-0.1, -0.05) is 73.7 Å². The van der Waals surface area contributed by atoms with Crippen molar-refractivity contribution in [1.82, 2.24) is 14.9 Å². The number of ether oxygens (including phenoxy) is 2. The van der Waals surface area contributed by atoms with E-state index in [2.05, 4.69) is 10.0 Å². The molecule has 0 radical (unpaired) electrons. The maximum atomic E-state index is 14.0. The van der Waals surface area contributed by atoms with Crippen molar-refractivity contribution in [3.8, 4) is 11.5 Å². The van der Waals surface area contributed by atoms with Crippen LogP contribution in [-0.2, 0) is 39.0 Å². The van der Waals surface area contributed by atoms with Crippen molar-refractivity contribution in [3.05, 3.63) is 125 Å². The molecule has 4 rings (SSSR count). The lowest BCUT2D eigenvalue weighted by molar-refractivity contribution is -0.141. The predicted molar refractivity (Wildman–Crippen MR) is 178 cm³/mol. The zero-order valence-corrected chi connectivity index (χ0v) is 27.3. The van der Waals surface area contributed by atoms with Crippen LogP contribution in [0.1, 0.15) is 41.6 Å². The Kier molecular flexibility index (Phi) is 12.3. The smallest absolute Gasteiger partial charge is 0.247 e. The summed E-state index contributed by atoms with van der Waals surface area (Å²) in [4.78, 5) is 29.7. The van der Waals surface area contributed by atoms with Gasteiger partial charge in [0.1, 0.15) is 17.5 Å². The van der Waals surface area contributed by atoms with Crippen LogP contribution in [0.5, 0.6) is 11.5 Å². The van der Waals surface area contributed by atoms with E-state index in [1.165, 1.54) is 12.1 Å². The molecule has 0 aliphatic rings. The molecule has 242 valence electrons. The van der Waals surface area contributed by atoms with Crippen molar-refractivity contribution in [2.75, 3.05) is 27.3 Å². The second-order valence-electron chi connectivity index (χ2n) is 10.7. The van der Waals surface area contributed by atoms with Crippen LogP contribution in [0, 0.1) is 0 Å². The lowest BCUT2D eigenvalue weighted by atomic mass is 10.0. The summed E-state index contributed by atoms with van der Waals surface area (Å²) >= 11 is 0. The molecule has 46 heavy (non-hydrogen) atoms. The topological polar surface area (TPSA) is 114 Å². The minimum absolute atomic E-state index is 0.123. The molecule has 0 aromatic heterocycles. The first-order valence-corrected chi connectivity index (χ1v) is 16.7. The first-order chi connectivity index (χ1) is 22.2. The Labute approximate surface area is 271 Å². The Morgan fingerprint density at radius 1 is 0.739 bits per heavy atom. The Morgan fingerprint density at radius 3 is 1.85 bits per heavy atom. The molecule has 2 amide bonds. The van der Waals surface area contributed by atoms with Crippen LogP contribution in [0.2, 0.25) is 0 Å². The molecule has 1 unspecified atom stereocenters. The van der Waals surface area contributed by atoms with E-state index in [1.54, 1.807) is 38.2 Å². The summed E-state index contributed by atoms with van der Waals surface area (Å²) in [5, 5.41) is 3.06. The summed E-state index contributed by atoms with van der Waals surface area (Å²) < 4.78 is 37.7. The third-order valence-electron chi connectivity index (χ3n) is 7.58. The minimum atomic E-state index is -3.58. The van der Waals surface area contributed by atoms with E-state index in [1.807, 2.05) is 78.9 Å². The SMILES string of the molecule is CCNS(=O)(=O)c1ccc(CCC(=O)N(Cc2ccc(OC)cc2)C(C(=O)NCCc2ccc(OC)cc2)c2ccccc2)cc1. The third kappa shape index (κ3) is 9.42. The number of amides is 2. The molecule has 0 saturated carbocycles. The van der Waals surface area contributed by atoms with E-state index in [0.717, 1.165) is 22.4 Å². The minimum Gasteiger partial charge on any atom is -0.497 e. The van der Waals surface area contributed by atoms with Crippen LogP contribution < -0.4 is 19.5 Å². The van der Waals surface area contributed by atoms with Crippen LogP contribution in [0.3, 0.4) is 0 Å². The predicted octanol–water partition coefficient (Wildman–Crippen LogP) is 5.06. The number of benzene rings is 4. The zero-order chi connectivity index (χ0) is 32.9. The van der Waals surface area contributed by atoms with Gasteiger partial charge in [0.05, 0.1) is 19.1 Å². The standard InChI is InChI=1S/C36H41N3O6S/c1-4-38-46(42,43)33-21-14-27(15-22-33)16-23-34(40)39(26-29-12-19-32(45-3)20-13-29)35(30-8-6-5-7-9-30)36(41)37-25-24-28-10-17-31(44-2)18-11-28/h5-15,17-22,35,38H,4,16,23-26H2,1-3H3,(H,37,41). The number of aryl methyl sites for hydroxylation is 1. The zero-order valence-electron chi connectivity index (χ0n) is 26.4. The van der Waals surface area contributed by atoms with Crippen molar-refractivity contribution in [2.24, 2.45) is 0 Å². The summed E-state index contributed by atoms with van der Waals surface area (Å²) in [5.74, 6) is 0.968. The normalized spacial score (nSPS) is 11.8. The third-order valence-corrected chi connectivity index (χ3v) is 9.14. The van der Waals surface area contributed by atoms with Gasteiger partial charge < -0.3 is 19.7 Å². The van der Waals surface area contributed by atoms with E-state index in [4.69, 9.17) is 9.47 Å². The number of nitrogens with one attached hydrogen (secondary N) is 2. The van der Waals surface area contributed by atoms with Gasteiger partial charge >= 0.3 is 0 Å². The maximum Gasteiger partial charge on any atom is 0.247 e.